The summed E-state index contributed by atoms with van der Waals surface area (Å²) in [6.07, 6.45) is 3.48. The van der Waals surface area contributed by atoms with E-state index in [0.29, 0.717) is 17.3 Å². The Morgan fingerprint density at radius 3 is 2.93 bits per heavy atom. The standard InChI is InChI=1S/C19H17N5O3/c1-24(11-16-22-18(23-27-16)12-5-4-8-20-10-12)17(25)9-15-13-6-2-3-7-14(13)19(26)21-15/h2-8,10,15H,9,11H2,1H3,(H,21,26)/t15-/m0/s1. The van der Waals surface area contributed by atoms with Gasteiger partial charge in [-0.25, -0.2) is 0 Å². The minimum absolute atomic E-state index is 0.127. The fourth-order valence-corrected chi connectivity index (χ4v) is 3.04. The van der Waals surface area contributed by atoms with Crippen LogP contribution in [-0.2, 0) is 11.3 Å². The van der Waals surface area contributed by atoms with Crippen molar-refractivity contribution in [1.29, 1.82) is 0 Å². The van der Waals surface area contributed by atoms with Crippen LogP contribution in [0.2, 0.25) is 0 Å². The van der Waals surface area contributed by atoms with Crippen molar-refractivity contribution in [3.05, 3.63) is 65.8 Å². The van der Waals surface area contributed by atoms with Crippen molar-refractivity contribution in [2.24, 2.45) is 0 Å². The van der Waals surface area contributed by atoms with Crippen molar-refractivity contribution < 1.29 is 14.1 Å². The number of nitrogens with one attached hydrogen (secondary N) is 1. The summed E-state index contributed by atoms with van der Waals surface area (Å²) < 4.78 is 5.23. The molecule has 0 aliphatic carbocycles. The molecule has 0 fully saturated rings. The number of carbonyl (C=O) groups excluding carboxylic acids is 2. The molecule has 8 nitrogen and oxygen atoms in total. The van der Waals surface area contributed by atoms with Gasteiger partial charge in [0.1, 0.15) is 0 Å². The summed E-state index contributed by atoms with van der Waals surface area (Å²) in [5.74, 6) is 0.485. The molecular weight excluding hydrogens is 346 g/mol. The zero-order valence-corrected chi connectivity index (χ0v) is 14.6. The fraction of sp³-hybridized carbons (Fsp3) is 0.211. The molecule has 0 unspecified atom stereocenters. The highest BCUT2D eigenvalue weighted by atomic mass is 16.5. The minimum atomic E-state index is -0.322. The Hall–Kier alpha value is -3.55. The highest BCUT2D eigenvalue weighted by molar-refractivity contribution is 5.99. The highest BCUT2D eigenvalue weighted by Gasteiger charge is 2.30. The molecule has 0 saturated carbocycles. The number of pyridine rings is 1. The first kappa shape index (κ1) is 16.9. The van der Waals surface area contributed by atoms with E-state index >= 15 is 0 Å². The van der Waals surface area contributed by atoms with Crippen LogP contribution in [-0.4, -0.2) is 38.9 Å². The molecule has 1 atom stereocenters. The first-order valence-corrected chi connectivity index (χ1v) is 8.48. The summed E-state index contributed by atoms with van der Waals surface area (Å²) in [6.45, 7) is 0.189. The van der Waals surface area contributed by atoms with Crippen LogP contribution < -0.4 is 5.32 Å². The Balaban J connectivity index is 1.41. The summed E-state index contributed by atoms with van der Waals surface area (Å²) in [4.78, 5) is 34.4. The number of benzene rings is 1. The van der Waals surface area contributed by atoms with E-state index in [1.807, 2.05) is 24.3 Å². The van der Waals surface area contributed by atoms with Crippen LogP contribution in [0.25, 0.3) is 11.4 Å². The molecule has 0 radical (unpaired) electrons. The van der Waals surface area contributed by atoms with E-state index < -0.39 is 0 Å². The molecule has 8 heteroatoms. The van der Waals surface area contributed by atoms with Gasteiger partial charge in [0.15, 0.2) is 0 Å². The van der Waals surface area contributed by atoms with Crippen LogP contribution in [0.15, 0.2) is 53.3 Å². The minimum Gasteiger partial charge on any atom is -0.345 e. The molecule has 0 bridgehead atoms. The van der Waals surface area contributed by atoms with Crippen molar-refractivity contribution >= 4 is 11.8 Å². The molecule has 3 heterocycles. The van der Waals surface area contributed by atoms with Gasteiger partial charge in [-0.05, 0) is 23.8 Å². The van der Waals surface area contributed by atoms with Gasteiger partial charge in [-0.2, -0.15) is 4.98 Å². The van der Waals surface area contributed by atoms with E-state index in [0.717, 1.165) is 11.1 Å². The Kier molecular flexibility index (Phi) is 4.37. The van der Waals surface area contributed by atoms with Gasteiger partial charge in [-0.15, -0.1) is 0 Å². The SMILES string of the molecule is CN(Cc1nc(-c2cccnc2)no1)C(=O)C[C@@H]1NC(=O)c2ccccc21. The lowest BCUT2D eigenvalue weighted by atomic mass is 10.0. The molecule has 1 aliphatic heterocycles. The average molecular weight is 363 g/mol. The zero-order valence-electron chi connectivity index (χ0n) is 14.6. The van der Waals surface area contributed by atoms with Crippen LogP contribution >= 0.6 is 0 Å². The Bertz CT molecular complexity index is 986. The molecule has 27 heavy (non-hydrogen) atoms. The van der Waals surface area contributed by atoms with Crippen molar-refractivity contribution in [2.75, 3.05) is 7.05 Å². The molecular formula is C19H17N5O3. The number of rotatable bonds is 5. The van der Waals surface area contributed by atoms with Crippen LogP contribution in [0, 0.1) is 0 Å². The first-order chi connectivity index (χ1) is 13.1. The maximum Gasteiger partial charge on any atom is 0.252 e. The lowest BCUT2D eigenvalue weighted by Crippen LogP contribution is -2.30. The topological polar surface area (TPSA) is 101 Å². The van der Waals surface area contributed by atoms with Gasteiger partial charge in [0.05, 0.1) is 19.0 Å². The fourth-order valence-electron chi connectivity index (χ4n) is 3.04. The van der Waals surface area contributed by atoms with E-state index in [2.05, 4.69) is 20.4 Å². The number of carbonyl (C=O) groups is 2. The maximum absolute atomic E-state index is 12.6. The van der Waals surface area contributed by atoms with Gasteiger partial charge < -0.3 is 14.7 Å². The highest BCUT2D eigenvalue weighted by Crippen LogP contribution is 2.28. The van der Waals surface area contributed by atoms with Crippen LogP contribution in [0.4, 0.5) is 0 Å². The summed E-state index contributed by atoms with van der Waals surface area (Å²) in [5, 5.41) is 6.77. The molecule has 1 aliphatic rings. The monoisotopic (exact) mass is 363 g/mol. The van der Waals surface area contributed by atoms with E-state index in [9.17, 15) is 9.59 Å². The number of hydrogen-bond acceptors (Lipinski definition) is 6. The maximum atomic E-state index is 12.6. The van der Waals surface area contributed by atoms with E-state index in [-0.39, 0.29) is 30.8 Å². The number of aromatic nitrogens is 3. The Morgan fingerprint density at radius 1 is 1.26 bits per heavy atom. The second-order valence-electron chi connectivity index (χ2n) is 6.32. The number of nitrogens with zero attached hydrogens (tertiary/aromatic N) is 4. The third-order valence-corrected chi connectivity index (χ3v) is 4.45. The van der Waals surface area contributed by atoms with Crippen molar-refractivity contribution in [1.82, 2.24) is 25.3 Å². The molecule has 1 aromatic carbocycles. The second kappa shape index (κ2) is 6.99. The Morgan fingerprint density at radius 2 is 2.11 bits per heavy atom. The van der Waals surface area contributed by atoms with Gasteiger partial charge in [0, 0.05) is 30.6 Å². The molecule has 136 valence electrons. The van der Waals surface area contributed by atoms with E-state index in [4.69, 9.17) is 4.52 Å². The second-order valence-corrected chi connectivity index (χ2v) is 6.32. The van der Waals surface area contributed by atoms with Gasteiger partial charge in [0.2, 0.25) is 17.6 Å². The van der Waals surface area contributed by atoms with Crippen LogP contribution in [0.3, 0.4) is 0 Å². The predicted molar refractivity (Wildman–Crippen MR) is 95.3 cm³/mol. The van der Waals surface area contributed by atoms with Gasteiger partial charge in [-0.1, -0.05) is 23.4 Å². The largest absolute Gasteiger partial charge is 0.345 e. The third kappa shape index (κ3) is 3.41. The van der Waals surface area contributed by atoms with Crippen molar-refractivity contribution in [2.45, 2.75) is 19.0 Å². The smallest absolute Gasteiger partial charge is 0.252 e. The van der Waals surface area contributed by atoms with E-state index in [1.165, 1.54) is 4.90 Å². The van der Waals surface area contributed by atoms with Crippen molar-refractivity contribution in [3.63, 3.8) is 0 Å². The van der Waals surface area contributed by atoms with Crippen molar-refractivity contribution in [3.8, 4) is 11.4 Å². The lowest BCUT2D eigenvalue weighted by Gasteiger charge is -2.18. The molecule has 0 saturated heterocycles. The summed E-state index contributed by atoms with van der Waals surface area (Å²) in [7, 11) is 1.67. The molecule has 3 aromatic rings. The molecule has 2 amide bonds. The van der Waals surface area contributed by atoms with Gasteiger partial charge in [-0.3, -0.25) is 14.6 Å². The predicted octanol–water partition coefficient (Wildman–Crippen LogP) is 1.96. The molecule has 4 rings (SSSR count). The lowest BCUT2D eigenvalue weighted by molar-refractivity contribution is -0.131. The number of hydrogen-bond donors (Lipinski definition) is 1. The average Bonchev–Trinajstić information content (AvgIpc) is 3.28. The van der Waals surface area contributed by atoms with Crippen LogP contribution in [0.5, 0.6) is 0 Å². The quantitative estimate of drug-likeness (QED) is 0.744. The van der Waals surface area contributed by atoms with Gasteiger partial charge in [0.25, 0.3) is 5.91 Å². The van der Waals surface area contributed by atoms with Gasteiger partial charge >= 0.3 is 0 Å². The molecule has 0 spiro atoms. The third-order valence-electron chi connectivity index (χ3n) is 4.45. The summed E-state index contributed by atoms with van der Waals surface area (Å²) in [6, 6.07) is 10.6. The Labute approximate surface area is 155 Å². The van der Waals surface area contributed by atoms with E-state index in [1.54, 1.807) is 31.6 Å². The molecule has 2 aromatic heterocycles. The zero-order chi connectivity index (χ0) is 18.8. The van der Waals surface area contributed by atoms with Crippen LogP contribution in [0.1, 0.15) is 34.3 Å². The number of amides is 2. The first-order valence-electron chi connectivity index (χ1n) is 8.48. The summed E-state index contributed by atoms with van der Waals surface area (Å²) in [5.41, 5.74) is 2.21. The summed E-state index contributed by atoms with van der Waals surface area (Å²) >= 11 is 0. The normalized spacial score (nSPS) is 15.3. The number of fused-ring (bicyclic) bond motifs is 1. The molecule has 1 N–H and O–H groups in total.